The van der Waals surface area contributed by atoms with Crippen LogP contribution in [-0.2, 0) is 11.4 Å². The van der Waals surface area contributed by atoms with Crippen molar-refractivity contribution in [1.82, 2.24) is 0 Å². The van der Waals surface area contributed by atoms with E-state index in [1.54, 1.807) is 30.3 Å². The molecule has 3 aromatic rings. The number of carbonyl (C=O) groups is 2. The van der Waals surface area contributed by atoms with E-state index in [-0.39, 0.29) is 24.3 Å². The van der Waals surface area contributed by atoms with Gasteiger partial charge in [-0.2, -0.15) is 5.26 Å². The highest BCUT2D eigenvalue weighted by atomic mass is 16.5. The fourth-order valence-corrected chi connectivity index (χ4v) is 4.10. The third kappa shape index (κ3) is 5.36. The number of nitrogens with one attached hydrogen (secondary N) is 1. The van der Waals surface area contributed by atoms with E-state index in [1.165, 1.54) is 0 Å². The number of primary amides is 1. The molecule has 0 aromatic heterocycles. The monoisotopic (exact) mass is 454 g/mol. The molecule has 0 aliphatic carbocycles. The van der Waals surface area contributed by atoms with E-state index in [0.29, 0.717) is 48.5 Å². The number of anilines is 2. The number of para-hydroxylation sites is 2. The Bertz CT molecular complexity index is 1230. The molecule has 1 fully saturated rings. The Morgan fingerprint density at radius 1 is 1.03 bits per heavy atom. The number of nitrogens with two attached hydrogens (primary N) is 1. The summed E-state index contributed by atoms with van der Waals surface area (Å²) in [5.41, 5.74) is 8.89. The topological polar surface area (TPSA) is 108 Å². The summed E-state index contributed by atoms with van der Waals surface area (Å²) in [5.74, 6) is -0.0510. The van der Waals surface area contributed by atoms with Crippen molar-refractivity contribution >= 4 is 23.2 Å². The fourth-order valence-electron chi connectivity index (χ4n) is 4.10. The zero-order valence-electron chi connectivity index (χ0n) is 18.7. The summed E-state index contributed by atoms with van der Waals surface area (Å²) in [6, 6.07) is 24.0. The molecule has 1 aliphatic heterocycles. The summed E-state index contributed by atoms with van der Waals surface area (Å²) >= 11 is 0. The number of piperidine rings is 1. The van der Waals surface area contributed by atoms with Crippen LogP contribution in [0.2, 0.25) is 0 Å². The van der Waals surface area contributed by atoms with Crippen LogP contribution in [0.3, 0.4) is 0 Å². The number of rotatable bonds is 7. The van der Waals surface area contributed by atoms with Crippen LogP contribution in [0.15, 0.2) is 72.8 Å². The fraction of sp³-hybridized carbons (Fsp3) is 0.222. The van der Waals surface area contributed by atoms with Gasteiger partial charge < -0.3 is 20.7 Å². The van der Waals surface area contributed by atoms with E-state index in [1.807, 2.05) is 42.5 Å². The molecular formula is C27H26N4O3. The molecule has 3 N–H and O–H groups in total. The average Bonchev–Trinajstić information content (AvgIpc) is 2.88. The molecule has 0 radical (unpaired) electrons. The summed E-state index contributed by atoms with van der Waals surface area (Å²) in [5, 5.41) is 12.3. The molecule has 1 heterocycles. The highest BCUT2D eigenvalue weighted by molar-refractivity contribution is 6.06. The Labute approximate surface area is 198 Å². The van der Waals surface area contributed by atoms with Crippen molar-refractivity contribution in [3.05, 3.63) is 89.5 Å². The van der Waals surface area contributed by atoms with Crippen molar-refractivity contribution in [2.45, 2.75) is 19.4 Å². The zero-order valence-corrected chi connectivity index (χ0v) is 18.7. The van der Waals surface area contributed by atoms with Gasteiger partial charge in [-0.15, -0.1) is 0 Å². The molecule has 0 saturated carbocycles. The number of hydrogen-bond acceptors (Lipinski definition) is 5. The van der Waals surface area contributed by atoms with Gasteiger partial charge >= 0.3 is 0 Å². The maximum absolute atomic E-state index is 13.0. The second kappa shape index (κ2) is 10.5. The molecule has 7 heteroatoms. The average molecular weight is 455 g/mol. The Hall–Kier alpha value is -4.31. The minimum atomic E-state index is -0.251. The van der Waals surface area contributed by atoms with Gasteiger partial charge in [-0.1, -0.05) is 36.4 Å². The van der Waals surface area contributed by atoms with Crippen LogP contribution in [0.5, 0.6) is 5.75 Å². The first kappa shape index (κ1) is 22.9. The quantitative estimate of drug-likeness (QED) is 0.559. The van der Waals surface area contributed by atoms with Gasteiger partial charge in [-0.25, -0.2) is 0 Å². The van der Waals surface area contributed by atoms with Crippen molar-refractivity contribution in [2.75, 3.05) is 23.3 Å². The summed E-state index contributed by atoms with van der Waals surface area (Å²) in [6.45, 7) is 1.64. The third-order valence-electron chi connectivity index (χ3n) is 6.02. The summed E-state index contributed by atoms with van der Waals surface area (Å²) in [7, 11) is 0. The lowest BCUT2D eigenvalue weighted by Crippen LogP contribution is -2.38. The summed E-state index contributed by atoms with van der Waals surface area (Å²) in [6.07, 6.45) is 1.40. The molecule has 4 rings (SSSR count). The van der Waals surface area contributed by atoms with Gasteiger partial charge in [0, 0.05) is 30.1 Å². The van der Waals surface area contributed by atoms with Crippen LogP contribution in [-0.4, -0.2) is 24.9 Å². The smallest absolute Gasteiger partial charge is 0.255 e. The van der Waals surface area contributed by atoms with Crippen LogP contribution >= 0.6 is 0 Å². The van der Waals surface area contributed by atoms with Crippen LogP contribution in [0.4, 0.5) is 11.4 Å². The lowest BCUT2D eigenvalue weighted by Gasteiger charge is -2.33. The second-order valence-electron chi connectivity index (χ2n) is 8.22. The number of hydrogen-bond donors (Lipinski definition) is 2. The normalized spacial score (nSPS) is 13.7. The van der Waals surface area contributed by atoms with Gasteiger partial charge in [0.05, 0.1) is 23.0 Å². The van der Waals surface area contributed by atoms with E-state index in [4.69, 9.17) is 10.5 Å². The van der Waals surface area contributed by atoms with Crippen molar-refractivity contribution in [1.29, 1.82) is 5.26 Å². The van der Waals surface area contributed by atoms with Crippen molar-refractivity contribution < 1.29 is 14.3 Å². The van der Waals surface area contributed by atoms with E-state index in [9.17, 15) is 14.9 Å². The molecule has 2 amide bonds. The predicted octanol–water partition coefficient (Wildman–Crippen LogP) is 4.09. The van der Waals surface area contributed by atoms with Gasteiger partial charge in [0.1, 0.15) is 12.4 Å². The van der Waals surface area contributed by atoms with Crippen LogP contribution < -0.4 is 20.7 Å². The molecule has 1 aliphatic rings. The Balaban J connectivity index is 1.44. The maximum Gasteiger partial charge on any atom is 0.255 e. The number of carbonyl (C=O) groups excluding carboxylic acids is 2. The highest BCUT2D eigenvalue weighted by Crippen LogP contribution is 2.30. The molecule has 3 aromatic carbocycles. The summed E-state index contributed by atoms with van der Waals surface area (Å²) < 4.78 is 5.85. The van der Waals surface area contributed by atoms with E-state index in [0.717, 1.165) is 11.3 Å². The van der Waals surface area contributed by atoms with Crippen molar-refractivity contribution in [3.8, 4) is 11.8 Å². The molecule has 7 nitrogen and oxygen atoms in total. The first-order valence-corrected chi connectivity index (χ1v) is 11.2. The first-order valence-electron chi connectivity index (χ1n) is 11.2. The lowest BCUT2D eigenvalue weighted by atomic mass is 9.96. The van der Waals surface area contributed by atoms with E-state index in [2.05, 4.69) is 16.3 Å². The van der Waals surface area contributed by atoms with Crippen LogP contribution in [0.1, 0.15) is 34.3 Å². The van der Waals surface area contributed by atoms with Gasteiger partial charge in [0.25, 0.3) is 5.91 Å². The number of nitriles is 1. The Morgan fingerprint density at radius 3 is 2.53 bits per heavy atom. The first-order chi connectivity index (χ1) is 16.5. The maximum atomic E-state index is 13.0. The predicted molar refractivity (Wildman–Crippen MR) is 130 cm³/mol. The molecule has 0 spiro atoms. The zero-order chi connectivity index (χ0) is 23.9. The van der Waals surface area contributed by atoms with Gasteiger partial charge in [-0.05, 0) is 49.2 Å². The van der Waals surface area contributed by atoms with Gasteiger partial charge in [0.2, 0.25) is 5.91 Å². The standard InChI is InChI=1S/C27H26N4O3/c28-17-21-6-1-2-7-22(21)18-34-23-9-5-8-20(16-23)27(33)30-24-10-3-4-11-25(24)31-14-12-19(13-15-31)26(29)32/h1-11,16,19H,12-15,18H2,(H2,29,32)(H,30,33). The van der Waals surface area contributed by atoms with Crippen LogP contribution in [0.25, 0.3) is 0 Å². The molecule has 0 bridgehead atoms. The van der Waals surface area contributed by atoms with E-state index < -0.39 is 0 Å². The Morgan fingerprint density at radius 2 is 1.76 bits per heavy atom. The summed E-state index contributed by atoms with van der Waals surface area (Å²) in [4.78, 5) is 26.7. The van der Waals surface area contributed by atoms with Crippen molar-refractivity contribution in [2.24, 2.45) is 11.7 Å². The van der Waals surface area contributed by atoms with E-state index >= 15 is 0 Å². The molecule has 0 atom stereocenters. The third-order valence-corrected chi connectivity index (χ3v) is 6.02. The number of amides is 2. The molecule has 0 unspecified atom stereocenters. The number of nitrogens with zero attached hydrogens (tertiary/aromatic N) is 2. The SMILES string of the molecule is N#Cc1ccccc1COc1cccc(C(=O)Nc2ccccc2N2CCC(C(N)=O)CC2)c1. The molecule has 1 saturated heterocycles. The molecule has 172 valence electrons. The number of benzene rings is 3. The minimum absolute atomic E-state index is 0.0964. The number of ether oxygens (including phenoxy) is 1. The lowest BCUT2D eigenvalue weighted by molar-refractivity contribution is -0.122. The molecule has 34 heavy (non-hydrogen) atoms. The Kier molecular flexibility index (Phi) is 7.09. The minimum Gasteiger partial charge on any atom is -0.489 e. The van der Waals surface area contributed by atoms with Gasteiger partial charge in [0.15, 0.2) is 0 Å². The molecular weight excluding hydrogens is 428 g/mol. The van der Waals surface area contributed by atoms with Crippen molar-refractivity contribution in [3.63, 3.8) is 0 Å². The largest absolute Gasteiger partial charge is 0.489 e. The van der Waals surface area contributed by atoms with Gasteiger partial charge in [-0.3, -0.25) is 9.59 Å². The second-order valence-corrected chi connectivity index (χ2v) is 8.22. The highest BCUT2D eigenvalue weighted by Gasteiger charge is 2.24. The van der Waals surface area contributed by atoms with Crippen LogP contribution in [0, 0.1) is 17.2 Å².